The van der Waals surface area contributed by atoms with Crippen molar-refractivity contribution >= 4 is 27.7 Å². The Hall–Kier alpha value is -2.15. The van der Waals surface area contributed by atoms with E-state index in [2.05, 4.69) is 26.2 Å². The fourth-order valence-electron chi connectivity index (χ4n) is 1.62. The number of anilines is 1. The van der Waals surface area contributed by atoms with E-state index in [9.17, 15) is 9.18 Å². The van der Waals surface area contributed by atoms with Crippen molar-refractivity contribution < 1.29 is 18.7 Å². The van der Waals surface area contributed by atoms with E-state index in [1.807, 2.05) is 6.92 Å². The first kappa shape index (κ1) is 16.2. The number of carbonyl (C=O) groups excluding carboxylic acids is 1. The number of pyridine rings is 1. The minimum atomic E-state index is -0.490. The fourth-order valence-corrected chi connectivity index (χ4v) is 2.04. The van der Waals surface area contributed by atoms with Crippen molar-refractivity contribution in [3.8, 4) is 11.5 Å². The van der Waals surface area contributed by atoms with Crippen molar-refractivity contribution in [1.82, 2.24) is 4.98 Å². The van der Waals surface area contributed by atoms with E-state index in [0.29, 0.717) is 16.8 Å². The Morgan fingerprint density at radius 1 is 1.27 bits per heavy atom. The maximum Gasteiger partial charge on any atom is 0.263 e. The predicted molar refractivity (Wildman–Crippen MR) is 83.6 cm³/mol. The number of nitrogens with one attached hydrogen (secondary N) is 1. The van der Waals surface area contributed by atoms with Gasteiger partial charge in [-0.05, 0) is 53.2 Å². The predicted octanol–water partition coefficient (Wildman–Crippen LogP) is 3.40. The zero-order chi connectivity index (χ0) is 15.9. The van der Waals surface area contributed by atoms with Crippen LogP contribution < -0.4 is 14.8 Å². The van der Waals surface area contributed by atoms with Gasteiger partial charge in [0.1, 0.15) is 23.1 Å². The Labute approximate surface area is 135 Å². The zero-order valence-electron chi connectivity index (χ0n) is 11.8. The number of benzene rings is 1. The molecule has 116 valence electrons. The van der Waals surface area contributed by atoms with E-state index < -0.39 is 11.7 Å². The van der Waals surface area contributed by atoms with Gasteiger partial charge in [0.25, 0.3) is 5.91 Å². The molecule has 0 spiro atoms. The molecule has 0 unspecified atom stereocenters. The van der Waals surface area contributed by atoms with Crippen LogP contribution in [-0.4, -0.2) is 24.1 Å². The molecule has 0 fully saturated rings. The summed E-state index contributed by atoms with van der Waals surface area (Å²) in [6.07, 6.45) is 1.02. The fraction of sp³-hybridized carbons (Fsp3) is 0.200. The van der Waals surface area contributed by atoms with Gasteiger partial charge in [0.15, 0.2) is 6.61 Å². The van der Waals surface area contributed by atoms with Crippen molar-refractivity contribution in [2.45, 2.75) is 6.92 Å². The molecule has 0 saturated carbocycles. The quantitative estimate of drug-likeness (QED) is 0.848. The second-order valence-corrected chi connectivity index (χ2v) is 5.08. The number of hydrogen-bond donors (Lipinski definition) is 1. The molecule has 2 rings (SSSR count). The summed E-state index contributed by atoms with van der Waals surface area (Å²) >= 11 is 3.12. The molecule has 22 heavy (non-hydrogen) atoms. The lowest BCUT2D eigenvalue weighted by Gasteiger charge is -2.09. The summed E-state index contributed by atoms with van der Waals surface area (Å²) in [4.78, 5) is 15.6. The molecule has 1 heterocycles. The minimum absolute atomic E-state index is 0.181. The summed E-state index contributed by atoms with van der Waals surface area (Å²) in [5, 5.41) is 2.53. The van der Waals surface area contributed by atoms with Crippen LogP contribution >= 0.6 is 15.9 Å². The highest BCUT2D eigenvalue weighted by Crippen LogP contribution is 2.20. The number of hydrogen-bond acceptors (Lipinski definition) is 4. The third-order valence-corrected chi connectivity index (χ3v) is 3.17. The van der Waals surface area contributed by atoms with Gasteiger partial charge >= 0.3 is 0 Å². The second-order valence-electron chi connectivity index (χ2n) is 4.23. The highest BCUT2D eigenvalue weighted by molar-refractivity contribution is 9.10. The topological polar surface area (TPSA) is 60.5 Å². The first-order valence-electron chi connectivity index (χ1n) is 6.55. The molecule has 1 aromatic carbocycles. The Bertz CT molecular complexity index is 650. The molecule has 1 amide bonds. The van der Waals surface area contributed by atoms with Crippen molar-refractivity contribution in [2.24, 2.45) is 0 Å². The highest BCUT2D eigenvalue weighted by Gasteiger charge is 2.08. The molecule has 1 aromatic heterocycles. The Balaban J connectivity index is 1.87. The summed E-state index contributed by atoms with van der Waals surface area (Å²) in [5.74, 6) is 0.634. The molecular weight excluding hydrogens is 355 g/mol. The van der Waals surface area contributed by atoms with Gasteiger partial charge in [0.2, 0.25) is 0 Å². The van der Waals surface area contributed by atoms with Gasteiger partial charge in [-0.15, -0.1) is 0 Å². The van der Waals surface area contributed by atoms with Crippen molar-refractivity contribution in [3.63, 3.8) is 0 Å². The minimum Gasteiger partial charge on any atom is -0.494 e. The molecule has 0 bridgehead atoms. The first-order chi connectivity index (χ1) is 10.6. The van der Waals surface area contributed by atoms with Crippen molar-refractivity contribution in [3.05, 3.63) is 46.8 Å². The molecule has 7 heteroatoms. The number of amides is 1. The van der Waals surface area contributed by atoms with Gasteiger partial charge < -0.3 is 14.8 Å². The summed E-state index contributed by atoms with van der Waals surface area (Å²) in [6.45, 7) is 2.30. The van der Waals surface area contributed by atoms with Crippen LogP contribution in [-0.2, 0) is 4.79 Å². The number of halogens is 2. The van der Waals surface area contributed by atoms with Crippen LogP contribution in [0.15, 0.2) is 41.0 Å². The van der Waals surface area contributed by atoms with E-state index in [1.165, 1.54) is 6.07 Å². The molecule has 0 aliphatic heterocycles. The first-order valence-corrected chi connectivity index (χ1v) is 7.34. The molecule has 5 nitrogen and oxygen atoms in total. The Morgan fingerprint density at radius 3 is 2.50 bits per heavy atom. The van der Waals surface area contributed by atoms with Gasteiger partial charge in [0.05, 0.1) is 17.3 Å². The van der Waals surface area contributed by atoms with E-state index in [0.717, 1.165) is 11.9 Å². The largest absolute Gasteiger partial charge is 0.494 e. The van der Waals surface area contributed by atoms with Gasteiger partial charge in [-0.1, -0.05) is 0 Å². The number of rotatable bonds is 6. The van der Waals surface area contributed by atoms with Crippen LogP contribution in [0.5, 0.6) is 11.5 Å². The van der Waals surface area contributed by atoms with Crippen LogP contribution in [0.2, 0.25) is 0 Å². The molecule has 0 radical (unpaired) electrons. The number of aromatic nitrogens is 1. The van der Waals surface area contributed by atoms with Crippen LogP contribution in [0.3, 0.4) is 0 Å². The van der Waals surface area contributed by atoms with Crippen LogP contribution in [0.25, 0.3) is 0 Å². The summed E-state index contributed by atoms with van der Waals surface area (Å²) in [7, 11) is 0. The third kappa shape index (κ3) is 4.70. The maximum atomic E-state index is 12.9. The molecule has 1 N–H and O–H groups in total. The van der Waals surface area contributed by atoms with Crippen molar-refractivity contribution in [2.75, 3.05) is 18.5 Å². The highest BCUT2D eigenvalue weighted by atomic mass is 79.9. The van der Waals surface area contributed by atoms with Crippen LogP contribution in [0.1, 0.15) is 6.92 Å². The molecule has 0 aliphatic carbocycles. The summed E-state index contributed by atoms with van der Waals surface area (Å²) in [5.41, 5.74) is 0. The second kappa shape index (κ2) is 7.74. The monoisotopic (exact) mass is 368 g/mol. The molecule has 0 atom stereocenters. The lowest BCUT2D eigenvalue weighted by Crippen LogP contribution is -2.21. The molecule has 0 aliphatic rings. The maximum absolute atomic E-state index is 12.9. The molecule has 2 aromatic rings. The number of nitrogens with zero attached hydrogens (tertiary/aromatic N) is 1. The van der Waals surface area contributed by atoms with Gasteiger partial charge in [0, 0.05) is 0 Å². The van der Waals surface area contributed by atoms with Crippen LogP contribution in [0, 0.1) is 5.82 Å². The lowest BCUT2D eigenvalue weighted by atomic mass is 10.3. The average molecular weight is 369 g/mol. The molecular formula is C15H14BrFN2O3. The third-order valence-electron chi connectivity index (χ3n) is 2.57. The van der Waals surface area contributed by atoms with Crippen molar-refractivity contribution in [1.29, 1.82) is 0 Å². The normalized spacial score (nSPS) is 10.1. The van der Waals surface area contributed by atoms with E-state index in [-0.39, 0.29) is 12.4 Å². The number of ether oxygens (including phenoxy) is 2. The standard InChI is InChI=1S/C15H14BrFN2O3/c1-2-21-11-3-5-12(6-4-11)22-9-14(20)19-15-13(16)7-10(17)8-18-15/h3-8H,2,9H2,1H3,(H,18,19,20). The average Bonchev–Trinajstić information content (AvgIpc) is 2.50. The van der Waals surface area contributed by atoms with Crippen LogP contribution in [0.4, 0.5) is 10.2 Å². The summed E-state index contributed by atoms with van der Waals surface area (Å²) in [6, 6.07) is 8.16. The van der Waals surface area contributed by atoms with E-state index in [4.69, 9.17) is 9.47 Å². The number of carbonyl (C=O) groups is 1. The van der Waals surface area contributed by atoms with E-state index >= 15 is 0 Å². The molecule has 0 saturated heterocycles. The zero-order valence-corrected chi connectivity index (χ0v) is 13.4. The summed E-state index contributed by atoms with van der Waals surface area (Å²) < 4.78 is 23.9. The smallest absolute Gasteiger partial charge is 0.263 e. The van der Waals surface area contributed by atoms with Gasteiger partial charge in [-0.2, -0.15) is 0 Å². The SMILES string of the molecule is CCOc1ccc(OCC(=O)Nc2ncc(F)cc2Br)cc1. The lowest BCUT2D eigenvalue weighted by molar-refractivity contribution is -0.118. The Morgan fingerprint density at radius 2 is 1.91 bits per heavy atom. The van der Waals surface area contributed by atoms with E-state index in [1.54, 1.807) is 24.3 Å². The Kier molecular flexibility index (Phi) is 5.71. The van der Waals surface area contributed by atoms with Gasteiger partial charge in [-0.3, -0.25) is 4.79 Å². The van der Waals surface area contributed by atoms with Gasteiger partial charge in [-0.25, -0.2) is 9.37 Å².